The summed E-state index contributed by atoms with van der Waals surface area (Å²) in [4.78, 5) is 21.0. The van der Waals surface area contributed by atoms with E-state index in [-0.39, 0.29) is 18.8 Å². The number of aromatic nitrogens is 4. The summed E-state index contributed by atoms with van der Waals surface area (Å²) in [5, 5.41) is 24.4. The first-order chi connectivity index (χ1) is 16.1. The van der Waals surface area contributed by atoms with Crippen molar-refractivity contribution < 1.29 is 10.2 Å². The standard InChI is InChI=1S/C10H16N4O.C9H14N4O.2C2H6/c1-11-10-12-5-4-9(13-10)14-6-2-3-8(14)7-15;1-10-9-11-4-2-8(12-9)13-5-3-7(14)6-13;2*1-2/h4-5,8,15H,2-3,6-7H2,1H3,(H,11,12,13);2,4,7,14H,3,5-6H2,1H3,(H,10,11,12);2*1-2H3/t8-;;;/m1.../s1. The van der Waals surface area contributed by atoms with Gasteiger partial charge in [0.15, 0.2) is 0 Å². The second-order valence-electron chi connectivity index (χ2n) is 7.04. The second kappa shape index (κ2) is 16.0. The highest BCUT2D eigenvalue weighted by molar-refractivity contribution is 5.44. The van der Waals surface area contributed by atoms with Crippen LogP contribution in [0.2, 0.25) is 0 Å². The van der Waals surface area contributed by atoms with Crippen molar-refractivity contribution >= 4 is 23.5 Å². The zero-order chi connectivity index (χ0) is 24.6. The van der Waals surface area contributed by atoms with Crippen LogP contribution < -0.4 is 20.4 Å². The van der Waals surface area contributed by atoms with Gasteiger partial charge in [-0.3, -0.25) is 0 Å². The third-order valence-corrected chi connectivity index (χ3v) is 5.10. The molecule has 0 radical (unpaired) electrons. The first-order valence-electron chi connectivity index (χ1n) is 12.0. The second-order valence-corrected chi connectivity index (χ2v) is 7.04. The van der Waals surface area contributed by atoms with Gasteiger partial charge in [0.1, 0.15) is 11.6 Å². The van der Waals surface area contributed by atoms with Crippen LogP contribution in [0.5, 0.6) is 0 Å². The van der Waals surface area contributed by atoms with Crippen molar-refractivity contribution in [1.29, 1.82) is 0 Å². The Labute approximate surface area is 198 Å². The maximum atomic E-state index is 9.39. The molecule has 2 aromatic heterocycles. The van der Waals surface area contributed by atoms with Crippen molar-refractivity contribution in [2.45, 2.75) is 59.1 Å². The van der Waals surface area contributed by atoms with Crippen molar-refractivity contribution in [3.8, 4) is 0 Å². The number of nitrogens with one attached hydrogen (secondary N) is 2. The van der Waals surface area contributed by atoms with E-state index in [1.165, 1.54) is 0 Å². The van der Waals surface area contributed by atoms with Gasteiger partial charge in [-0.2, -0.15) is 9.97 Å². The molecule has 0 aliphatic carbocycles. The first-order valence-corrected chi connectivity index (χ1v) is 12.0. The quantitative estimate of drug-likeness (QED) is 0.527. The molecule has 4 rings (SSSR count). The minimum absolute atomic E-state index is 0.193. The lowest BCUT2D eigenvalue weighted by Crippen LogP contribution is -2.32. The fraction of sp³-hybridized carbons (Fsp3) is 0.652. The van der Waals surface area contributed by atoms with Crippen LogP contribution >= 0.6 is 0 Å². The summed E-state index contributed by atoms with van der Waals surface area (Å²) >= 11 is 0. The molecule has 10 nitrogen and oxygen atoms in total. The lowest BCUT2D eigenvalue weighted by atomic mass is 10.2. The monoisotopic (exact) mass is 462 g/mol. The van der Waals surface area contributed by atoms with E-state index >= 15 is 0 Å². The summed E-state index contributed by atoms with van der Waals surface area (Å²) in [6.07, 6.45) is 6.21. The van der Waals surface area contributed by atoms with Gasteiger partial charge in [-0.15, -0.1) is 0 Å². The molecule has 10 heteroatoms. The molecule has 0 bridgehead atoms. The largest absolute Gasteiger partial charge is 0.394 e. The molecule has 2 aromatic rings. The highest BCUT2D eigenvalue weighted by Gasteiger charge is 2.25. The van der Waals surface area contributed by atoms with Gasteiger partial charge in [-0.05, 0) is 31.4 Å². The average molecular weight is 463 g/mol. The first kappa shape index (κ1) is 28.3. The minimum Gasteiger partial charge on any atom is -0.394 e. The van der Waals surface area contributed by atoms with Crippen molar-refractivity contribution in [1.82, 2.24) is 19.9 Å². The van der Waals surface area contributed by atoms with Crippen LogP contribution in [0.1, 0.15) is 47.0 Å². The minimum atomic E-state index is -0.219. The van der Waals surface area contributed by atoms with E-state index in [4.69, 9.17) is 0 Å². The molecule has 2 saturated heterocycles. The van der Waals surface area contributed by atoms with Crippen LogP contribution in [-0.4, -0.2) is 82.6 Å². The molecule has 0 amide bonds. The number of anilines is 4. The Kier molecular flexibility index (Phi) is 13.7. The van der Waals surface area contributed by atoms with E-state index in [0.29, 0.717) is 18.4 Å². The van der Waals surface area contributed by atoms with Gasteiger partial charge >= 0.3 is 0 Å². The van der Waals surface area contributed by atoms with Gasteiger partial charge < -0.3 is 30.6 Å². The van der Waals surface area contributed by atoms with Crippen LogP contribution in [0.15, 0.2) is 24.5 Å². The Balaban J connectivity index is 0.000000288. The third kappa shape index (κ3) is 8.62. The number of hydrogen-bond donors (Lipinski definition) is 4. The van der Waals surface area contributed by atoms with E-state index in [1.54, 1.807) is 26.5 Å². The van der Waals surface area contributed by atoms with E-state index in [2.05, 4.69) is 40.4 Å². The topological polar surface area (TPSA) is 123 Å². The normalized spacial score (nSPS) is 18.8. The lowest BCUT2D eigenvalue weighted by Gasteiger charge is -2.24. The van der Waals surface area contributed by atoms with Crippen LogP contribution in [0.4, 0.5) is 23.5 Å². The van der Waals surface area contributed by atoms with Gasteiger partial charge in [0.05, 0.1) is 18.8 Å². The molecule has 4 N–H and O–H groups in total. The van der Waals surface area contributed by atoms with Gasteiger partial charge in [0.2, 0.25) is 11.9 Å². The molecule has 4 heterocycles. The van der Waals surface area contributed by atoms with Gasteiger partial charge in [-0.1, -0.05) is 27.7 Å². The van der Waals surface area contributed by atoms with Crippen LogP contribution in [0.3, 0.4) is 0 Å². The molecule has 1 unspecified atom stereocenters. The third-order valence-electron chi connectivity index (χ3n) is 5.10. The molecule has 2 fully saturated rings. The molecule has 0 aromatic carbocycles. The maximum Gasteiger partial charge on any atom is 0.224 e. The molecule has 2 aliphatic heterocycles. The van der Waals surface area contributed by atoms with Crippen LogP contribution in [0, 0.1) is 0 Å². The zero-order valence-corrected chi connectivity index (χ0v) is 21.0. The van der Waals surface area contributed by atoms with Crippen LogP contribution in [-0.2, 0) is 0 Å². The number of nitrogens with zero attached hydrogens (tertiary/aromatic N) is 6. The van der Waals surface area contributed by atoms with Gasteiger partial charge in [-0.25, -0.2) is 9.97 Å². The van der Waals surface area contributed by atoms with Crippen molar-refractivity contribution in [2.75, 3.05) is 60.8 Å². The highest BCUT2D eigenvalue weighted by Crippen LogP contribution is 2.23. The molecule has 186 valence electrons. The predicted octanol–water partition coefficient (Wildman–Crippen LogP) is 2.62. The maximum absolute atomic E-state index is 9.39. The van der Waals surface area contributed by atoms with E-state index in [1.807, 2.05) is 39.8 Å². The SMILES string of the molecule is CC.CC.CNc1nccc(N2CCC(O)C2)n1.CNc1nccc(N2CCC[C@@H]2CO)n1. The Morgan fingerprint density at radius 3 is 2.00 bits per heavy atom. The molecule has 0 spiro atoms. The summed E-state index contributed by atoms with van der Waals surface area (Å²) in [6.45, 7) is 10.7. The number of aliphatic hydroxyl groups is 2. The molecule has 0 saturated carbocycles. The van der Waals surface area contributed by atoms with Crippen molar-refractivity contribution in [3.63, 3.8) is 0 Å². The molecule has 2 atom stereocenters. The number of hydrogen-bond acceptors (Lipinski definition) is 10. The van der Waals surface area contributed by atoms with E-state index in [0.717, 1.165) is 44.0 Å². The summed E-state index contributed by atoms with van der Waals surface area (Å²) < 4.78 is 0. The Hall–Kier alpha value is -2.72. The van der Waals surface area contributed by atoms with Crippen molar-refractivity contribution in [2.24, 2.45) is 0 Å². The smallest absolute Gasteiger partial charge is 0.224 e. The van der Waals surface area contributed by atoms with Crippen LogP contribution in [0.25, 0.3) is 0 Å². The molecular formula is C23H42N8O2. The fourth-order valence-electron chi connectivity index (χ4n) is 3.55. The highest BCUT2D eigenvalue weighted by atomic mass is 16.3. The number of β-amino-alcohol motifs (C(OH)–C–C–N with tert-alkyl or cyclic N) is 1. The number of rotatable bonds is 5. The van der Waals surface area contributed by atoms with Gasteiger partial charge in [0, 0.05) is 46.1 Å². The molecule has 2 aliphatic rings. The molecular weight excluding hydrogens is 420 g/mol. The van der Waals surface area contributed by atoms with Gasteiger partial charge in [0.25, 0.3) is 0 Å². The summed E-state index contributed by atoms with van der Waals surface area (Å²) in [5.74, 6) is 3.01. The Morgan fingerprint density at radius 2 is 1.48 bits per heavy atom. The lowest BCUT2D eigenvalue weighted by molar-refractivity contribution is 0.198. The zero-order valence-electron chi connectivity index (χ0n) is 21.0. The summed E-state index contributed by atoms with van der Waals surface area (Å²) in [7, 11) is 3.59. The Morgan fingerprint density at radius 1 is 0.909 bits per heavy atom. The van der Waals surface area contributed by atoms with E-state index in [9.17, 15) is 10.2 Å². The predicted molar refractivity (Wildman–Crippen MR) is 136 cm³/mol. The Bertz CT molecular complexity index is 780. The molecule has 33 heavy (non-hydrogen) atoms. The van der Waals surface area contributed by atoms with E-state index < -0.39 is 0 Å². The van der Waals surface area contributed by atoms with Crippen molar-refractivity contribution in [3.05, 3.63) is 24.5 Å². The summed E-state index contributed by atoms with van der Waals surface area (Å²) in [6, 6.07) is 3.96. The average Bonchev–Trinajstić information content (AvgIpc) is 3.56. The summed E-state index contributed by atoms with van der Waals surface area (Å²) in [5.41, 5.74) is 0. The number of aliphatic hydroxyl groups excluding tert-OH is 2. The fourth-order valence-corrected chi connectivity index (χ4v) is 3.55.